The molecule has 1 aromatic rings. The first-order valence-corrected chi connectivity index (χ1v) is 13.6. The van der Waals surface area contributed by atoms with Crippen LogP contribution in [0.2, 0.25) is 0 Å². The number of carbonyl (C=O) groups excluding carboxylic acids is 4. The van der Waals surface area contributed by atoms with Gasteiger partial charge in [-0.2, -0.15) is 11.8 Å². The van der Waals surface area contributed by atoms with Crippen molar-refractivity contribution >= 4 is 35.6 Å². The molecule has 9 nitrogen and oxygen atoms in total. The van der Waals surface area contributed by atoms with Gasteiger partial charge in [-0.05, 0) is 65.5 Å². The number of esters is 1. The van der Waals surface area contributed by atoms with E-state index in [1.807, 2.05) is 25.3 Å². The van der Waals surface area contributed by atoms with Crippen LogP contribution in [-0.2, 0) is 23.9 Å². The van der Waals surface area contributed by atoms with Crippen LogP contribution in [0.3, 0.4) is 0 Å². The number of nitrogens with zero attached hydrogens (tertiary/aromatic N) is 1. The first kappa shape index (κ1) is 31.3. The molecule has 0 aliphatic rings. The van der Waals surface area contributed by atoms with Gasteiger partial charge in [0.15, 0.2) is 0 Å². The van der Waals surface area contributed by atoms with Gasteiger partial charge in [-0.25, -0.2) is 4.79 Å². The number of likely N-dealkylation sites (N-methyl/N-ethyl adjacent to an activating group) is 1. The number of carbonyl (C=O) groups is 4. The van der Waals surface area contributed by atoms with Crippen LogP contribution < -0.4 is 10.6 Å². The molecule has 0 aromatic heterocycles. The molecule has 202 valence electrons. The fraction of sp³-hybridized carbons (Fsp3) is 0.615. The summed E-state index contributed by atoms with van der Waals surface area (Å²) in [5.41, 5.74) is 0.926. The first-order valence-electron chi connectivity index (χ1n) is 12.2. The summed E-state index contributed by atoms with van der Waals surface area (Å²) in [6.07, 6.45) is 1.62. The summed E-state index contributed by atoms with van der Waals surface area (Å²) in [6.45, 7) is 11.3. The van der Waals surface area contributed by atoms with Gasteiger partial charge in [0.2, 0.25) is 11.8 Å². The van der Waals surface area contributed by atoms with Crippen molar-refractivity contribution in [3.8, 4) is 0 Å². The van der Waals surface area contributed by atoms with E-state index in [4.69, 9.17) is 9.47 Å². The third-order valence-electron chi connectivity index (χ3n) is 5.11. The van der Waals surface area contributed by atoms with E-state index in [-0.39, 0.29) is 32.0 Å². The summed E-state index contributed by atoms with van der Waals surface area (Å²) in [6, 6.07) is 5.54. The van der Waals surface area contributed by atoms with Gasteiger partial charge in [-0.3, -0.25) is 14.4 Å². The zero-order valence-corrected chi connectivity index (χ0v) is 23.3. The molecule has 0 aliphatic carbocycles. The van der Waals surface area contributed by atoms with Crippen molar-refractivity contribution in [2.24, 2.45) is 0 Å². The van der Waals surface area contributed by atoms with Crippen molar-refractivity contribution in [1.82, 2.24) is 15.5 Å². The van der Waals surface area contributed by atoms with E-state index in [0.717, 1.165) is 5.56 Å². The summed E-state index contributed by atoms with van der Waals surface area (Å²) < 4.78 is 10.3. The maximum absolute atomic E-state index is 13.7. The average molecular weight is 524 g/mol. The fourth-order valence-corrected chi connectivity index (χ4v) is 3.92. The van der Waals surface area contributed by atoms with Gasteiger partial charge in [0.25, 0.3) is 0 Å². The molecule has 3 amide bonds. The zero-order chi connectivity index (χ0) is 27.3. The Morgan fingerprint density at radius 1 is 1.08 bits per heavy atom. The second-order valence-corrected chi connectivity index (χ2v) is 10.2. The maximum Gasteiger partial charge on any atom is 0.408 e. The van der Waals surface area contributed by atoms with Crippen LogP contribution in [-0.4, -0.2) is 72.1 Å². The quantitative estimate of drug-likeness (QED) is 0.380. The zero-order valence-electron chi connectivity index (χ0n) is 22.5. The molecule has 0 radical (unpaired) electrons. The highest BCUT2D eigenvalue weighted by atomic mass is 32.2. The van der Waals surface area contributed by atoms with Gasteiger partial charge in [-0.15, -0.1) is 0 Å². The monoisotopic (exact) mass is 523 g/mol. The van der Waals surface area contributed by atoms with Gasteiger partial charge in [0.1, 0.15) is 17.7 Å². The third-order valence-corrected chi connectivity index (χ3v) is 5.75. The lowest BCUT2D eigenvalue weighted by atomic mass is 10.0. The number of amides is 3. The van der Waals surface area contributed by atoms with E-state index in [0.29, 0.717) is 17.7 Å². The van der Waals surface area contributed by atoms with Crippen LogP contribution in [0.1, 0.15) is 64.6 Å². The number of aryl methyl sites for hydroxylation is 1. The molecule has 0 saturated carbocycles. The number of nitrogens with one attached hydrogen (secondary N) is 2. The van der Waals surface area contributed by atoms with E-state index in [2.05, 4.69) is 10.6 Å². The van der Waals surface area contributed by atoms with Crippen molar-refractivity contribution in [2.45, 2.75) is 72.1 Å². The minimum absolute atomic E-state index is 0.0246. The molecule has 0 bridgehead atoms. The van der Waals surface area contributed by atoms with Crippen LogP contribution >= 0.6 is 11.8 Å². The van der Waals surface area contributed by atoms with E-state index in [1.54, 1.807) is 58.5 Å². The minimum atomic E-state index is -0.942. The van der Waals surface area contributed by atoms with Crippen molar-refractivity contribution < 1.29 is 28.7 Å². The Balaban J connectivity index is 3.22. The number of rotatable bonds is 13. The summed E-state index contributed by atoms with van der Waals surface area (Å²) in [7, 11) is 0. The summed E-state index contributed by atoms with van der Waals surface area (Å²) in [4.78, 5) is 52.7. The van der Waals surface area contributed by atoms with Crippen LogP contribution in [0, 0.1) is 6.92 Å². The van der Waals surface area contributed by atoms with Crippen molar-refractivity contribution in [3.05, 3.63) is 35.4 Å². The number of thioether (sulfide) groups is 1. The Hall–Kier alpha value is -2.75. The summed E-state index contributed by atoms with van der Waals surface area (Å²) in [5.74, 6) is -0.584. The number of ether oxygens (including phenoxy) is 2. The van der Waals surface area contributed by atoms with E-state index in [9.17, 15) is 19.2 Å². The molecule has 0 spiro atoms. The number of hydrogen-bond donors (Lipinski definition) is 2. The number of alkyl carbamates (subject to hydrolysis) is 1. The van der Waals surface area contributed by atoms with Gasteiger partial charge in [0.05, 0.1) is 13.0 Å². The standard InChI is InChI=1S/C26H41N3O6S/c1-8-29(24(32)20(15-17-36-7)28-25(33)35-26(4,5)6)22(19-12-10-18(3)11-13-19)23(31)27-16-14-21(30)34-9-2/h10-13,20,22H,8-9,14-17H2,1-7H3,(H,27,31)(H,28,33). The average Bonchev–Trinajstić information content (AvgIpc) is 2.79. The molecule has 36 heavy (non-hydrogen) atoms. The molecule has 1 rings (SSSR count). The highest BCUT2D eigenvalue weighted by molar-refractivity contribution is 7.98. The van der Waals surface area contributed by atoms with Gasteiger partial charge in [-0.1, -0.05) is 29.8 Å². The lowest BCUT2D eigenvalue weighted by molar-refractivity contribution is -0.144. The fourth-order valence-electron chi connectivity index (χ4n) is 3.45. The lowest BCUT2D eigenvalue weighted by Crippen LogP contribution is -2.53. The molecule has 0 fully saturated rings. The molecule has 2 N–H and O–H groups in total. The van der Waals surface area contributed by atoms with Gasteiger partial charge < -0.3 is 25.0 Å². The lowest BCUT2D eigenvalue weighted by Gasteiger charge is -2.33. The molecular formula is C26H41N3O6S. The highest BCUT2D eigenvalue weighted by Gasteiger charge is 2.35. The molecule has 2 unspecified atom stereocenters. The molecule has 10 heteroatoms. The van der Waals surface area contributed by atoms with Crippen LogP contribution in [0.15, 0.2) is 24.3 Å². The second kappa shape index (κ2) is 15.4. The Kier molecular flexibility index (Phi) is 13.4. The van der Waals surface area contributed by atoms with Gasteiger partial charge in [0, 0.05) is 13.1 Å². The van der Waals surface area contributed by atoms with Crippen LogP contribution in [0.5, 0.6) is 0 Å². The first-order chi connectivity index (χ1) is 16.9. The summed E-state index contributed by atoms with van der Waals surface area (Å²) >= 11 is 1.55. The topological polar surface area (TPSA) is 114 Å². The van der Waals surface area contributed by atoms with E-state index < -0.39 is 35.7 Å². The minimum Gasteiger partial charge on any atom is -0.466 e. The number of hydrogen-bond acceptors (Lipinski definition) is 7. The van der Waals surface area contributed by atoms with Crippen molar-refractivity contribution in [2.75, 3.05) is 31.7 Å². The van der Waals surface area contributed by atoms with Gasteiger partial charge >= 0.3 is 12.1 Å². The van der Waals surface area contributed by atoms with Crippen molar-refractivity contribution in [1.29, 1.82) is 0 Å². The highest BCUT2D eigenvalue weighted by Crippen LogP contribution is 2.24. The normalized spacial score (nSPS) is 12.8. The molecule has 0 heterocycles. The smallest absolute Gasteiger partial charge is 0.408 e. The van der Waals surface area contributed by atoms with E-state index >= 15 is 0 Å². The predicted molar refractivity (Wildman–Crippen MR) is 142 cm³/mol. The molecule has 2 atom stereocenters. The third kappa shape index (κ3) is 10.9. The maximum atomic E-state index is 13.7. The molecule has 1 aromatic carbocycles. The van der Waals surface area contributed by atoms with Crippen LogP contribution in [0.25, 0.3) is 0 Å². The predicted octanol–water partition coefficient (Wildman–Crippen LogP) is 3.60. The number of benzene rings is 1. The summed E-state index contributed by atoms with van der Waals surface area (Å²) in [5, 5.41) is 5.45. The van der Waals surface area contributed by atoms with Crippen LogP contribution in [0.4, 0.5) is 4.79 Å². The Bertz CT molecular complexity index is 869. The van der Waals surface area contributed by atoms with Crippen molar-refractivity contribution in [3.63, 3.8) is 0 Å². The largest absolute Gasteiger partial charge is 0.466 e. The molecular weight excluding hydrogens is 482 g/mol. The Labute approximate surface area is 219 Å². The van der Waals surface area contributed by atoms with E-state index in [1.165, 1.54) is 4.90 Å². The second-order valence-electron chi connectivity index (χ2n) is 9.26. The molecule has 0 aliphatic heterocycles. The Morgan fingerprint density at radius 3 is 2.25 bits per heavy atom. The SMILES string of the molecule is CCOC(=O)CCNC(=O)C(c1ccc(C)cc1)N(CC)C(=O)C(CCSC)NC(=O)OC(C)(C)C. The molecule has 0 saturated heterocycles. The Morgan fingerprint density at radius 2 is 1.72 bits per heavy atom.